The third-order valence-electron chi connectivity index (χ3n) is 3.52. The highest BCUT2D eigenvalue weighted by atomic mass is 16.1. The number of anilines is 1. The van der Waals surface area contributed by atoms with Gasteiger partial charge in [-0.1, -0.05) is 0 Å². The van der Waals surface area contributed by atoms with E-state index in [-0.39, 0.29) is 11.4 Å². The highest BCUT2D eigenvalue weighted by Gasteiger charge is 2.27. The summed E-state index contributed by atoms with van der Waals surface area (Å²) in [4.78, 5) is 13.6. The predicted molar refractivity (Wildman–Crippen MR) is 79.6 cm³/mol. The van der Waals surface area contributed by atoms with E-state index in [9.17, 15) is 4.79 Å². The molecule has 0 aromatic carbocycles. The van der Waals surface area contributed by atoms with Gasteiger partial charge in [0.15, 0.2) is 0 Å². The number of aromatic amines is 1. The maximum Gasteiger partial charge on any atom is 0.221 e. The van der Waals surface area contributed by atoms with Gasteiger partial charge < -0.3 is 16.0 Å². The second-order valence-electron chi connectivity index (χ2n) is 6.44. The lowest BCUT2D eigenvalue weighted by Gasteiger charge is -2.36. The topological polar surface area (TPSA) is 87.0 Å². The highest BCUT2D eigenvalue weighted by Crippen LogP contribution is 2.30. The van der Waals surface area contributed by atoms with Gasteiger partial charge in [-0.2, -0.15) is 5.10 Å². The van der Waals surface area contributed by atoms with Crippen molar-refractivity contribution in [2.75, 3.05) is 25.0 Å². The Morgan fingerprint density at radius 2 is 2.40 bits per heavy atom. The molecular formula is C14H25N5O. The van der Waals surface area contributed by atoms with E-state index in [0.29, 0.717) is 5.92 Å². The first-order valence-electron chi connectivity index (χ1n) is 7.17. The Hall–Kier alpha value is -1.40. The molecule has 2 rings (SSSR count). The summed E-state index contributed by atoms with van der Waals surface area (Å²) in [5.41, 5.74) is 7.75. The molecular weight excluding hydrogens is 254 g/mol. The number of nitrogens with two attached hydrogens (primary N) is 1. The summed E-state index contributed by atoms with van der Waals surface area (Å²) in [5.74, 6) is 0.304. The molecule has 1 aliphatic rings. The number of nitrogens with one attached hydrogen (secondary N) is 2. The first-order valence-corrected chi connectivity index (χ1v) is 7.17. The average Bonchev–Trinajstić information content (AvgIpc) is 2.74. The summed E-state index contributed by atoms with van der Waals surface area (Å²) in [6.45, 7) is 8.54. The van der Waals surface area contributed by atoms with Crippen LogP contribution in [0, 0.1) is 0 Å². The zero-order valence-electron chi connectivity index (χ0n) is 12.6. The van der Waals surface area contributed by atoms with Gasteiger partial charge in [-0.25, -0.2) is 0 Å². The molecule has 1 aromatic heterocycles. The van der Waals surface area contributed by atoms with Crippen LogP contribution in [0.4, 0.5) is 5.69 Å². The molecule has 1 saturated heterocycles. The molecule has 6 heteroatoms. The van der Waals surface area contributed by atoms with Gasteiger partial charge in [-0.15, -0.1) is 0 Å². The standard InChI is InChI=1S/C14H25N5O/c1-10(20)17-12-7-16-18-13(12)11-5-4-6-19(8-11)9-14(2,3)15/h7,11H,4-6,8-9,15H2,1-3H3,(H,16,18)(H,17,20)/t11-/m0/s1. The Morgan fingerprint density at radius 1 is 1.65 bits per heavy atom. The largest absolute Gasteiger partial charge is 0.324 e. The van der Waals surface area contributed by atoms with Crippen LogP contribution in [-0.4, -0.2) is 46.2 Å². The van der Waals surface area contributed by atoms with Crippen LogP contribution in [0.2, 0.25) is 0 Å². The lowest BCUT2D eigenvalue weighted by atomic mass is 9.92. The Bertz CT molecular complexity index is 462. The van der Waals surface area contributed by atoms with Crippen molar-refractivity contribution in [2.45, 2.75) is 45.1 Å². The molecule has 1 fully saturated rings. The molecule has 0 radical (unpaired) electrons. The molecule has 4 N–H and O–H groups in total. The molecule has 0 bridgehead atoms. The van der Waals surface area contributed by atoms with Crippen LogP contribution in [0.15, 0.2) is 6.20 Å². The molecule has 1 atom stereocenters. The van der Waals surface area contributed by atoms with Gasteiger partial charge in [-0.05, 0) is 33.2 Å². The fraction of sp³-hybridized carbons (Fsp3) is 0.714. The van der Waals surface area contributed by atoms with E-state index < -0.39 is 0 Å². The number of hydrogen-bond donors (Lipinski definition) is 3. The van der Waals surface area contributed by atoms with Crippen LogP contribution in [0.3, 0.4) is 0 Å². The summed E-state index contributed by atoms with van der Waals surface area (Å²) < 4.78 is 0. The number of nitrogens with zero attached hydrogens (tertiary/aromatic N) is 2. The van der Waals surface area contributed by atoms with Gasteiger partial charge in [0.05, 0.1) is 17.6 Å². The maximum absolute atomic E-state index is 11.2. The number of H-pyrrole nitrogens is 1. The summed E-state index contributed by atoms with van der Waals surface area (Å²) >= 11 is 0. The molecule has 1 aliphatic heterocycles. The monoisotopic (exact) mass is 279 g/mol. The smallest absolute Gasteiger partial charge is 0.221 e. The van der Waals surface area contributed by atoms with Crippen LogP contribution >= 0.6 is 0 Å². The summed E-state index contributed by atoms with van der Waals surface area (Å²) in [5, 5.41) is 9.95. The zero-order valence-corrected chi connectivity index (χ0v) is 12.6. The van der Waals surface area contributed by atoms with Crippen molar-refractivity contribution < 1.29 is 4.79 Å². The van der Waals surface area contributed by atoms with Crippen molar-refractivity contribution in [3.8, 4) is 0 Å². The van der Waals surface area contributed by atoms with Crippen molar-refractivity contribution in [1.82, 2.24) is 15.1 Å². The molecule has 112 valence electrons. The molecule has 0 unspecified atom stereocenters. The third kappa shape index (κ3) is 4.05. The molecule has 1 aromatic rings. The first kappa shape index (κ1) is 15.0. The highest BCUT2D eigenvalue weighted by molar-refractivity contribution is 5.89. The first-order chi connectivity index (χ1) is 9.35. The Labute approximate surface area is 120 Å². The Morgan fingerprint density at radius 3 is 3.05 bits per heavy atom. The van der Waals surface area contributed by atoms with Crippen LogP contribution in [0.25, 0.3) is 0 Å². The van der Waals surface area contributed by atoms with E-state index in [1.54, 1.807) is 6.20 Å². The van der Waals surface area contributed by atoms with Gasteiger partial charge in [-0.3, -0.25) is 9.89 Å². The quantitative estimate of drug-likeness (QED) is 0.775. The van der Waals surface area contributed by atoms with Gasteiger partial charge >= 0.3 is 0 Å². The summed E-state index contributed by atoms with van der Waals surface area (Å²) in [6.07, 6.45) is 3.93. The number of carbonyl (C=O) groups is 1. The van der Waals surface area contributed by atoms with E-state index in [4.69, 9.17) is 5.73 Å². The summed E-state index contributed by atoms with van der Waals surface area (Å²) in [6, 6.07) is 0. The van der Waals surface area contributed by atoms with E-state index in [1.807, 2.05) is 0 Å². The minimum absolute atomic E-state index is 0.0663. The zero-order chi connectivity index (χ0) is 14.8. The van der Waals surface area contributed by atoms with Crippen molar-refractivity contribution in [3.63, 3.8) is 0 Å². The van der Waals surface area contributed by atoms with Crippen molar-refractivity contribution in [3.05, 3.63) is 11.9 Å². The SMILES string of the molecule is CC(=O)Nc1cn[nH]c1[C@H]1CCCN(CC(C)(C)N)C1. The minimum Gasteiger partial charge on any atom is -0.324 e. The number of rotatable bonds is 4. The number of likely N-dealkylation sites (tertiary alicyclic amines) is 1. The second kappa shape index (κ2) is 5.93. The molecule has 0 aliphatic carbocycles. The minimum atomic E-state index is -0.184. The fourth-order valence-corrected chi connectivity index (χ4v) is 2.91. The lowest BCUT2D eigenvalue weighted by molar-refractivity contribution is -0.114. The van der Waals surface area contributed by atoms with Gasteiger partial charge in [0.25, 0.3) is 0 Å². The normalized spacial score (nSPS) is 20.9. The van der Waals surface area contributed by atoms with Crippen LogP contribution in [0.1, 0.15) is 45.2 Å². The second-order valence-corrected chi connectivity index (χ2v) is 6.44. The lowest BCUT2D eigenvalue weighted by Crippen LogP contribution is -2.48. The average molecular weight is 279 g/mol. The summed E-state index contributed by atoms with van der Waals surface area (Å²) in [7, 11) is 0. The van der Waals surface area contributed by atoms with Gasteiger partial charge in [0.2, 0.25) is 5.91 Å². The van der Waals surface area contributed by atoms with Crippen molar-refractivity contribution in [1.29, 1.82) is 0 Å². The predicted octanol–water partition coefficient (Wildman–Crippen LogP) is 1.28. The van der Waals surface area contributed by atoms with E-state index in [0.717, 1.165) is 43.9 Å². The van der Waals surface area contributed by atoms with Crippen molar-refractivity contribution in [2.24, 2.45) is 5.73 Å². The van der Waals surface area contributed by atoms with Crippen LogP contribution in [0.5, 0.6) is 0 Å². The van der Waals surface area contributed by atoms with E-state index >= 15 is 0 Å². The molecule has 1 amide bonds. The molecule has 2 heterocycles. The van der Waals surface area contributed by atoms with Crippen LogP contribution < -0.4 is 11.1 Å². The number of hydrogen-bond acceptors (Lipinski definition) is 4. The van der Waals surface area contributed by atoms with Crippen molar-refractivity contribution >= 4 is 11.6 Å². The number of amides is 1. The Balaban J connectivity index is 2.05. The number of aromatic nitrogens is 2. The molecule has 0 saturated carbocycles. The number of piperidine rings is 1. The van der Waals surface area contributed by atoms with E-state index in [1.165, 1.54) is 6.92 Å². The van der Waals surface area contributed by atoms with Gasteiger partial charge in [0.1, 0.15) is 0 Å². The van der Waals surface area contributed by atoms with Gasteiger partial charge in [0, 0.05) is 31.5 Å². The Kier molecular flexibility index (Phi) is 4.45. The maximum atomic E-state index is 11.2. The number of carbonyl (C=O) groups excluding carboxylic acids is 1. The molecule has 6 nitrogen and oxygen atoms in total. The van der Waals surface area contributed by atoms with Crippen LogP contribution in [-0.2, 0) is 4.79 Å². The molecule has 20 heavy (non-hydrogen) atoms. The molecule has 0 spiro atoms. The fourth-order valence-electron chi connectivity index (χ4n) is 2.91. The van der Waals surface area contributed by atoms with E-state index in [2.05, 4.69) is 34.3 Å². The third-order valence-corrected chi connectivity index (χ3v) is 3.52.